The standard InChI is InChI=1S/C9H12N4O3/c1-3-16-6(14)4-11-7-8(10)12-5-13(2)9(7)15/h4-5H,3,10H2,1-2H3. The minimum absolute atomic E-state index is 0.0244. The van der Waals surface area contributed by atoms with E-state index in [1.165, 1.54) is 17.9 Å². The summed E-state index contributed by atoms with van der Waals surface area (Å²) in [6.45, 7) is 1.91. The highest BCUT2D eigenvalue weighted by Crippen LogP contribution is 2.10. The molecule has 86 valence electrons. The van der Waals surface area contributed by atoms with Crippen LogP contribution in [0.15, 0.2) is 16.1 Å². The van der Waals surface area contributed by atoms with Crippen LogP contribution in [0.3, 0.4) is 0 Å². The Labute approximate surface area is 91.6 Å². The van der Waals surface area contributed by atoms with Gasteiger partial charge >= 0.3 is 5.97 Å². The first-order valence-corrected chi connectivity index (χ1v) is 4.58. The Morgan fingerprint density at radius 2 is 2.44 bits per heavy atom. The van der Waals surface area contributed by atoms with Crippen LogP contribution in [0.4, 0.5) is 11.5 Å². The van der Waals surface area contributed by atoms with Crippen molar-refractivity contribution in [3.8, 4) is 0 Å². The number of aromatic nitrogens is 2. The van der Waals surface area contributed by atoms with E-state index in [1.54, 1.807) is 6.92 Å². The normalized spacial score (nSPS) is 10.6. The summed E-state index contributed by atoms with van der Waals surface area (Å²) in [6.07, 6.45) is 2.18. The van der Waals surface area contributed by atoms with Crippen molar-refractivity contribution >= 4 is 23.7 Å². The molecule has 0 aliphatic heterocycles. The van der Waals surface area contributed by atoms with Gasteiger partial charge < -0.3 is 15.0 Å². The fraction of sp³-hybridized carbons (Fsp3) is 0.333. The van der Waals surface area contributed by atoms with E-state index in [9.17, 15) is 9.59 Å². The molecule has 1 rings (SSSR count). The Kier molecular flexibility index (Phi) is 3.76. The van der Waals surface area contributed by atoms with Gasteiger partial charge in [-0.1, -0.05) is 0 Å². The molecule has 7 heteroatoms. The van der Waals surface area contributed by atoms with Crippen LogP contribution in [-0.2, 0) is 16.6 Å². The van der Waals surface area contributed by atoms with E-state index in [-0.39, 0.29) is 18.1 Å². The molecule has 0 saturated carbocycles. The second-order valence-electron chi connectivity index (χ2n) is 2.90. The molecule has 1 heterocycles. The lowest BCUT2D eigenvalue weighted by Gasteiger charge is -2.00. The second kappa shape index (κ2) is 5.06. The van der Waals surface area contributed by atoms with E-state index in [0.717, 1.165) is 6.21 Å². The molecule has 0 unspecified atom stereocenters. The van der Waals surface area contributed by atoms with Crippen LogP contribution in [0, 0.1) is 0 Å². The van der Waals surface area contributed by atoms with Gasteiger partial charge in [0.25, 0.3) is 5.56 Å². The number of aryl methyl sites for hydroxylation is 1. The number of anilines is 1. The molecule has 0 spiro atoms. The molecule has 1 aromatic heterocycles. The average molecular weight is 224 g/mol. The van der Waals surface area contributed by atoms with Crippen molar-refractivity contribution in [2.45, 2.75) is 6.92 Å². The molecule has 0 fully saturated rings. The molecular weight excluding hydrogens is 212 g/mol. The molecule has 0 saturated heterocycles. The highest BCUT2D eigenvalue weighted by Gasteiger charge is 2.06. The highest BCUT2D eigenvalue weighted by atomic mass is 16.5. The molecule has 0 aliphatic rings. The number of aliphatic imine (C=N–C) groups is 1. The van der Waals surface area contributed by atoms with Crippen molar-refractivity contribution in [2.24, 2.45) is 12.0 Å². The summed E-state index contributed by atoms with van der Waals surface area (Å²) in [5.74, 6) is -0.656. The Hall–Kier alpha value is -2.18. The van der Waals surface area contributed by atoms with Gasteiger partial charge in [0.15, 0.2) is 11.5 Å². The van der Waals surface area contributed by atoms with Gasteiger partial charge in [-0.05, 0) is 6.92 Å². The van der Waals surface area contributed by atoms with Crippen LogP contribution in [0.25, 0.3) is 0 Å². The fourth-order valence-electron chi connectivity index (χ4n) is 0.957. The predicted octanol–water partition coefficient (Wildman–Crippen LogP) is -0.372. The summed E-state index contributed by atoms with van der Waals surface area (Å²) in [6, 6.07) is 0. The molecule has 0 amide bonds. The van der Waals surface area contributed by atoms with Crippen molar-refractivity contribution in [1.82, 2.24) is 9.55 Å². The first kappa shape index (κ1) is 11.9. The van der Waals surface area contributed by atoms with E-state index in [1.807, 2.05) is 0 Å². The van der Waals surface area contributed by atoms with Crippen LogP contribution in [0.2, 0.25) is 0 Å². The van der Waals surface area contributed by atoms with Crippen molar-refractivity contribution in [3.63, 3.8) is 0 Å². The third-order valence-electron chi connectivity index (χ3n) is 1.72. The van der Waals surface area contributed by atoms with E-state index < -0.39 is 11.5 Å². The van der Waals surface area contributed by atoms with Gasteiger partial charge in [0.2, 0.25) is 0 Å². The number of ether oxygens (including phenoxy) is 1. The SMILES string of the molecule is CCOC(=O)C=Nc1c(N)ncn(C)c1=O. The smallest absolute Gasteiger partial charge is 0.349 e. The predicted molar refractivity (Wildman–Crippen MR) is 58.7 cm³/mol. The van der Waals surface area contributed by atoms with E-state index >= 15 is 0 Å². The monoisotopic (exact) mass is 224 g/mol. The van der Waals surface area contributed by atoms with Gasteiger partial charge in [-0.15, -0.1) is 0 Å². The fourth-order valence-corrected chi connectivity index (χ4v) is 0.957. The van der Waals surface area contributed by atoms with Crippen LogP contribution < -0.4 is 11.3 Å². The lowest BCUT2D eigenvalue weighted by molar-refractivity contribution is -0.134. The highest BCUT2D eigenvalue weighted by molar-refractivity contribution is 6.23. The van der Waals surface area contributed by atoms with Gasteiger partial charge in [-0.25, -0.2) is 14.8 Å². The number of esters is 1. The second-order valence-corrected chi connectivity index (χ2v) is 2.90. The number of carbonyl (C=O) groups is 1. The number of nitrogens with two attached hydrogens (primary N) is 1. The summed E-state index contributed by atoms with van der Waals surface area (Å²) in [7, 11) is 1.51. The van der Waals surface area contributed by atoms with E-state index in [2.05, 4.69) is 14.7 Å². The largest absolute Gasteiger partial charge is 0.462 e. The third-order valence-corrected chi connectivity index (χ3v) is 1.72. The van der Waals surface area contributed by atoms with Crippen LogP contribution in [0.1, 0.15) is 6.92 Å². The number of nitrogens with zero attached hydrogens (tertiary/aromatic N) is 3. The molecule has 0 aromatic carbocycles. The first-order valence-electron chi connectivity index (χ1n) is 4.58. The van der Waals surface area contributed by atoms with Gasteiger partial charge in [0, 0.05) is 7.05 Å². The number of rotatable bonds is 3. The zero-order chi connectivity index (χ0) is 12.1. The lowest BCUT2D eigenvalue weighted by Crippen LogP contribution is -2.18. The van der Waals surface area contributed by atoms with E-state index in [4.69, 9.17) is 5.73 Å². The van der Waals surface area contributed by atoms with Crippen molar-refractivity contribution in [3.05, 3.63) is 16.7 Å². The number of hydrogen-bond donors (Lipinski definition) is 1. The number of hydrogen-bond acceptors (Lipinski definition) is 6. The Morgan fingerprint density at radius 3 is 3.06 bits per heavy atom. The zero-order valence-electron chi connectivity index (χ0n) is 9.01. The number of nitrogen functional groups attached to an aromatic ring is 1. The summed E-state index contributed by atoms with van der Waals surface area (Å²) >= 11 is 0. The summed E-state index contributed by atoms with van der Waals surface area (Å²) in [5.41, 5.74) is 4.97. The molecule has 16 heavy (non-hydrogen) atoms. The van der Waals surface area contributed by atoms with Gasteiger partial charge in [0.1, 0.15) is 6.21 Å². The quantitative estimate of drug-likeness (QED) is 0.557. The maximum absolute atomic E-state index is 11.5. The maximum atomic E-state index is 11.5. The van der Waals surface area contributed by atoms with Gasteiger partial charge in [0.05, 0.1) is 12.9 Å². The third kappa shape index (κ3) is 2.66. The molecule has 7 nitrogen and oxygen atoms in total. The lowest BCUT2D eigenvalue weighted by atomic mass is 10.4. The molecule has 1 aromatic rings. The summed E-state index contributed by atoms with van der Waals surface area (Å²) in [4.78, 5) is 29.9. The summed E-state index contributed by atoms with van der Waals surface area (Å²) < 4.78 is 5.83. The summed E-state index contributed by atoms with van der Waals surface area (Å²) in [5, 5.41) is 0. The van der Waals surface area contributed by atoms with Crippen LogP contribution >= 0.6 is 0 Å². The minimum Gasteiger partial charge on any atom is -0.462 e. The molecule has 2 N–H and O–H groups in total. The van der Waals surface area contributed by atoms with Gasteiger partial charge in [-0.3, -0.25) is 4.79 Å². The van der Waals surface area contributed by atoms with Crippen molar-refractivity contribution in [2.75, 3.05) is 12.3 Å². The molecule has 0 radical (unpaired) electrons. The molecule has 0 aliphatic carbocycles. The topological polar surface area (TPSA) is 99.6 Å². The first-order chi connectivity index (χ1) is 7.56. The molecular formula is C9H12N4O3. The van der Waals surface area contributed by atoms with Crippen molar-refractivity contribution < 1.29 is 9.53 Å². The maximum Gasteiger partial charge on any atom is 0.349 e. The zero-order valence-corrected chi connectivity index (χ0v) is 9.01. The Morgan fingerprint density at radius 1 is 1.75 bits per heavy atom. The van der Waals surface area contributed by atoms with Crippen LogP contribution in [-0.4, -0.2) is 28.3 Å². The Balaban J connectivity index is 3.02. The molecule has 0 bridgehead atoms. The van der Waals surface area contributed by atoms with Crippen molar-refractivity contribution in [1.29, 1.82) is 0 Å². The minimum atomic E-state index is -0.632. The van der Waals surface area contributed by atoms with Crippen LogP contribution in [0.5, 0.6) is 0 Å². The van der Waals surface area contributed by atoms with E-state index in [0.29, 0.717) is 0 Å². The molecule has 0 atom stereocenters. The number of carbonyl (C=O) groups excluding carboxylic acids is 1. The Bertz CT molecular complexity index is 478. The average Bonchev–Trinajstić information content (AvgIpc) is 2.24. The van der Waals surface area contributed by atoms with Gasteiger partial charge in [-0.2, -0.15) is 0 Å².